The topological polar surface area (TPSA) is 80.0 Å². The molecule has 4 rings (SSSR count). The molecule has 1 aliphatic heterocycles. The first-order valence-electron chi connectivity index (χ1n) is 12.1. The van der Waals surface area contributed by atoms with Crippen LogP contribution in [0.25, 0.3) is 10.6 Å². The molecule has 3 heterocycles. The van der Waals surface area contributed by atoms with Crippen molar-refractivity contribution in [3.8, 4) is 10.6 Å². The van der Waals surface area contributed by atoms with Crippen molar-refractivity contribution < 1.29 is 0 Å². The monoisotopic (exact) mass is 467 g/mol. The number of benzene rings is 1. The van der Waals surface area contributed by atoms with Crippen LogP contribution in [0.4, 0.5) is 5.82 Å². The van der Waals surface area contributed by atoms with Crippen molar-refractivity contribution in [2.45, 2.75) is 25.9 Å². The number of H-pyrrole nitrogens is 1. The van der Waals surface area contributed by atoms with Gasteiger partial charge in [-0.3, -0.25) is 10.00 Å². The van der Waals surface area contributed by atoms with Gasteiger partial charge in [0.1, 0.15) is 5.82 Å². The van der Waals surface area contributed by atoms with Gasteiger partial charge < -0.3 is 21.3 Å². The molecule has 0 radical (unpaired) electrons. The average Bonchev–Trinajstić information content (AvgIpc) is 3.52. The Kier molecular flexibility index (Phi) is 9.76. The molecular formula is C25H37N7S. The predicted octanol–water partition coefficient (Wildman–Crippen LogP) is 3.11. The van der Waals surface area contributed by atoms with Crippen molar-refractivity contribution in [3.05, 3.63) is 59.0 Å². The summed E-state index contributed by atoms with van der Waals surface area (Å²) in [7, 11) is 0. The maximum absolute atomic E-state index is 4.41. The zero-order valence-corrected chi connectivity index (χ0v) is 20.2. The van der Waals surface area contributed by atoms with E-state index in [0.717, 1.165) is 77.0 Å². The quantitative estimate of drug-likeness (QED) is 0.383. The largest absolute Gasteiger partial charge is 0.365 e. The van der Waals surface area contributed by atoms with E-state index in [2.05, 4.69) is 84.2 Å². The van der Waals surface area contributed by atoms with Crippen LogP contribution in [0.5, 0.6) is 0 Å². The van der Waals surface area contributed by atoms with E-state index in [9.17, 15) is 0 Å². The summed E-state index contributed by atoms with van der Waals surface area (Å²) in [5.74, 6) is 0.882. The van der Waals surface area contributed by atoms with Gasteiger partial charge in [0.2, 0.25) is 0 Å². The number of hydrogen-bond donors (Lipinski definition) is 5. The van der Waals surface area contributed by atoms with Crippen LogP contribution >= 0.6 is 11.3 Å². The highest BCUT2D eigenvalue weighted by molar-refractivity contribution is 7.13. The van der Waals surface area contributed by atoms with Crippen LogP contribution < -0.4 is 21.3 Å². The molecule has 1 fully saturated rings. The first kappa shape index (κ1) is 23.9. The molecule has 178 valence electrons. The molecule has 0 atom stereocenters. The van der Waals surface area contributed by atoms with Crippen molar-refractivity contribution in [2.75, 3.05) is 57.7 Å². The summed E-state index contributed by atoms with van der Waals surface area (Å²) in [4.78, 5) is 3.78. The van der Waals surface area contributed by atoms with Crippen LogP contribution in [-0.4, -0.2) is 67.5 Å². The van der Waals surface area contributed by atoms with Gasteiger partial charge >= 0.3 is 0 Å². The number of anilines is 1. The molecule has 0 spiro atoms. The van der Waals surface area contributed by atoms with Gasteiger partial charge in [-0.2, -0.15) is 5.10 Å². The molecule has 7 nitrogen and oxygen atoms in total. The number of hydrogen-bond acceptors (Lipinski definition) is 7. The Morgan fingerprint density at radius 3 is 2.52 bits per heavy atom. The number of thiophene rings is 1. The molecule has 1 aromatic carbocycles. The Morgan fingerprint density at radius 1 is 0.848 bits per heavy atom. The average molecular weight is 468 g/mol. The molecule has 3 aromatic rings. The molecule has 0 unspecified atom stereocenters. The van der Waals surface area contributed by atoms with Crippen LogP contribution in [0.1, 0.15) is 24.0 Å². The molecule has 5 N–H and O–H groups in total. The van der Waals surface area contributed by atoms with Crippen molar-refractivity contribution in [2.24, 2.45) is 0 Å². The first-order chi connectivity index (χ1) is 16.4. The summed E-state index contributed by atoms with van der Waals surface area (Å²) in [6.45, 7) is 10.3. The minimum atomic E-state index is 0.766. The third-order valence-electron chi connectivity index (χ3n) is 5.85. The minimum absolute atomic E-state index is 0.766. The third kappa shape index (κ3) is 8.24. The van der Waals surface area contributed by atoms with Gasteiger partial charge in [0.05, 0.1) is 10.6 Å². The van der Waals surface area contributed by atoms with Gasteiger partial charge in [-0.05, 0) is 61.6 Å². The summed E-state index contributed by atoms with van der Waals surface area (Å²) < 4.78 is 0. The molecule has 8 heteroatoms. The lowest BCUT2D eigenvalue weighted by atomic mass is 10.1. The minimum Gasteiger partial charge on any atom is -0.365 e. The Morgan fingerprint density at radius 2 is 1.67 bits per heavy atom. The maximum atomic E-state index is 4.41. The molecule has 0 aliphatic carbocycles. The van der Waals surface area contributed by atoms with Gasteiger partial charge in [-0.1, -0.05) is 30.3 Å². The fraction of sp³-hybridized carbons (Fsp3) is 0.480. The van der Waals surface area contributed by atoms with Crippen molar-refractivity contribution in [1.82, 2.24) is 31.0 Å². The molecule has 33 heavy (non-hydrogen) atoms. The molecule has 0 saturated carbocycles. The van der Waals surface area contributed by atoms with Crippen molar-refractivity contribution in [1.29, 1.82) is 0 Å². The summed E-state index contributed by atoms with van der Waals surface area (Å²) >= 11 is 1.72. The van der Waals surface area contributed by atoms with E-state index < -0.39 is 0 Å². The van der Waals surface area contributed by atoms with Gasteiger partial charge in [0.25, 0.3) is 0 Å². The van der Waals surface area contributed by atoms with E-state index >= 15 is 0 Å². The van der Waals surface area contributed by atoms with E-state index in [0.29, 0.717) is 0 Å². The molecule has 0 amide bonds. The van der Waals surface area contributed by atoms with Gasteiger partial charge in [-0.25, -0.2) is 0 Å². The lowest BCUT2D eigenvalue weighted by Crippen LogP contribution is -2.36. The lowest BCUT2D eigenvalue weighted by molar-refractivity contribution is 0.260. The SMILES string of the molecule is c1cc(CNc2cc(-c3cccs3)[nH]n2)cc(CN2CCCNCCNCCCNCC2)c1. The van der Waals surface area contributed by atoms with Crippen LogP contribution in [-0.2, 0) is 13.1 Å². The summed E-state index contributed by atoms with van der Waals surface area (Å²) in [6.07, 6.45) is 2.35. The van der Waals surface area contributed by atoms with Crippen molar-refractivity contribution >= 4 is 17.2 Å². The second-order valence-electron chi connectivity index (χ2n) is 8.55. The maximum Gasteiger partial charge on any atom is 0.148 e. The van der Waals surface area contributed by atoms with Crippen LogP contribution in [0, 0.1) is 0 Å². The molecular weight excluding hydrogens is 430 g/mol. The van der Waals surface area contributed by atoms with Gasteiger partial charge in [0, 0.05) is 45.3 Å². The predicted molar refractivity (Wildman–Crippen MR) is 139 cm³/mol. The first-order valence-corrected chi connectivity index (χ1v) is 13.0. The highest BCUT2D eigenvalue weighted by Crippen LogP contribution is 2.24. The van der Waals surface area contributed by atoms with Crippen LogP contribution in [0.15, 0.2) is 47.8 Å². The molecule has 2 aromatic heterocycles. The Balaban J connectivity index is 1.29. The van der Waals surface area contributed by atoms with E-state index in [1.54, 1.807) is 11.3 Å². The standard InChI is InChI=1S/C25H37N7S/c1-5-21(19-29-25-18-23(30-31-25)24-7-2-16-33-24)17-22(6-1)20-32-14-4-10-27-12-11-26-8-3-9-28-13-15-32/h1-2,5-7,16-18,26-28H,3-4,8-15,19-20H2,(H2,29,30,31). The number of nitrogens with one attached hydrogen (secondary N) is 5. The van der Waals surface area contributed by atoms with E-state index in [1.165, 1.54) is 28.8 Å². The van der Waals surface area contributed by atoms with Crippen LogP contribution in [0.3, 0.4) is 0 Å². The lowest BCUT2D eigenvalue weighted by Gasteiger charge is -2.23. The summed E-state index contributed by atoms with van der Waals surface area (Å²) in [6, 6.07) is 15.2. The molecule has 0 bridgehead atoms. The molecule has 1 aliphatic rings. The Labute approximate surface area is 201 Å². The number of rotatable bonds is 6. The number of nitrogens with zero attached hydrogens (tertiary/aromatic N) is 2. The van der Waals surface area contributed by atoms with E-state index in [4.69, 9.17) is 0 Å². The Hall–Kier alpha value is -2.23. The highest BCUT2D eigenvalue weighted by Gasteiger charge is 2.08. The fourth-order valence-corrected chi connectivity index (χ4v) is 4.78. The van der Waals surface area contributed by atoms with Crippen LogP contribution in [0.2, 0.25) is 0 Å². The summed E-state index contributed by atoms with van der Waals surface area (Å²) in [5, 5.41) is 23.7. The smallest absolute Gasteiger partial charge is 0.148 e. The van der Waals surface area contributed by atoms with E-state index in [1.807, 2.05) is 0 Å². The highest BCUT2D eigenvalue weighted by atomic mass is 32.1. The number of aromatic nitrogens is 2. The normalized spacial score (nSPS) is 17.5. The second kappa shape index (κ2) is 13.5. The Bertz CT molecular complexity index is 911. The number of aromatic amines is 1. The van der Waals surface area contributed by atoms with Crippen molar-refractivity contribution in [3.63, 3.8) is 0 Å². The fourth-order valence-electron chi connectivity index (χ4n) is 4.08. The second-order valence-corrected chi connectivity index (χ2v) is 9.50. The van der Waals surface area contributed by atoms with E-state index in [-0.39, 0.29) is 0 Å². The molecule has 1 saturated heterocycles. The zero-order valence-electron chi connectivity index (χ0n) is 19.4. The summed E-state index contributed by atoms with van der Waals surface area (Å²) in [5.41, 5.74) is 3.71. The zero-order chi connectivity index (χ0) is 22.6. The van der Waals surface area contributed by atoms with Gasteiger partial charge in [-0.15, -0.1) is 11.3 Å². The third-order valence-corrected chi connectivity index (χ3v) is 6.76. The van der Waals surface area contributed by atoms with Gasteiger partial charge in [0.15, 0.2) is 0 Å².